The van der Waals surface area contributed by atoms with Gasteiger partial charge >= 0.3 is 0 Å². The molecule has 6 heteroatoms. The third kappa shape index (κ3) is 4.78. The van der Waals surface area contributed by atoms with Crippen LogP contribution < -0.4 is 10.5 Å². The van der Waals surface area contributed by atoms with Crippen LogP contribution in [0.5, 0.6) is 0 Å². The van der Waals surface area contributed by atoms with Gasteiger partial charge < -0.3 is 5.73 Å². The fourth-order valence-corrected chi connectivity index (χ4v) is 3.17. The number of nitrogens with two attached hydrogens (primary N) is 1. The Morgan fingerprint density at radius 1 is 1.06 bits per heavy atom. The molecule has 96 valence electrons. The quantitative estimate of drug-likeness (QED) is 0.643. The minimum absolute atomic E-state index is 0.527. The van der Waals surface area contributed by atoms with E-state index in [1.165, 1.54) is 0 Å². The van der Waals surface area contributed by atoms with E-state index in [2.05, 4.69) is 4.72 Å². The van der Waals surface area contributed by atoms with Gasteiger partial charge in [-0.05, 0) is 32.2 Å². The highest BCUT2D eigenvalue weighted by Crippen LogP contribution is 2.11. The minimum atomic E-state index is -3.22. The van der Waals surface area contributed by atoms with Gasteiger partial charge in [0.25, 0.3) is 10.2 Å². The molecule has 0 radical (unpaired) electrons. The summed E-state index contributed by atoms with van der Waals surface area (Å²) in [5.74, 6) is 0. The van der Waals surface area contributed by atoms with Crippen molar-refractivity contribution in [3.05, 3.63) is 0 Å². The first-order chi connectivity index (χ1) is 7.67. The van der Waals surface area contributed by atoms with Crippen LogP contribution in [0.3, 0.4) is 0 Å². The van der Waals surface area contributed by atoms with Crippen molar-refractivity contribution in [2.45, 2.75) is 38.5 Å². The normalized spacial score (nSPS) is 18.8. The van der Waals surface area contributed by atoms with Gasteiger partial charge in [-0.2, -0.15) is 12.7 Å². The Bertz CT molecular complexity index is 274. The van der Waals surface area contributed by atoms with E-state index in [1.54, 1.807) is 4.31 Å². The third-order valence-corrected chi connectivity index (χ3v) is 4.43. The molecule has 1 heterocycles. The Labute approximate surface area is 98.6 Å². The van der Waals surface area contributed by atoms with Gasteiger partial charge in [-0.15, -0.1) is 0 Å². The molecule has 1 fully saturated rings. The van der Waals surface area contributed by atoms with Crippen molar-refractivity contribution in [1.29, 1.82) is 0 Å². The van der Waals surface area contributed by atoms with E-state index in [1.807, 2.05) is 0 Å². The fourth-order valence-electron chi connectivity index (χ4n) is 1.84. The van der Waals surface area contributed by atoms with Crippen LogP contribution in [0.2, 0.25) is 0 Å². The van der Waals surface area contributed by atoms with Crippen molar-refractivity contribution in [1.82, 2.24) is 9.03 Å². The van der Waals surface area contributed by atoms with E-state index in [-0.39, 0.29) is 0 Å². The van der Waals surface area contributed by atoms with Gasteiger partial charge in [0, 0.05) is 19.6 Å². The molecule has 16 heavy (non-hydrogen) atoms. The summed E-state index contributed by atoms with van der Waals surface area (Å²) >= 11 is 0. The molecule has 0 saturated carbocycles. The molecule has 0 amide bonds. The van der Waals surface area contributed by atoms with Crippen molar-refractivity contribution in [3.8, 4) is 0 Å². The molecule has 0 aromatic carbocycles. The summed E-state index contributed by atoms with van der Waals surface area (Å²) in [7, 11) is -3.22. The molecule has 0 aromatic rings. The summed E-state index contributed by atoms with van der Waals surface area (Å²) in [5.41, 5.74) is 5.37. The highest BCUT2D eigenvalue weighted by molar-refractivity contribution is 7.87. The molecular formula is C10H23N3O2S. The summed E-state index contributed by atoms with van der Waals surface area (Å²) in [5, 5.41) is 0. The first-order valence-corrected chi connectivity index (χ1v) is 7.55. The number of rotatable bonds is 7. The third-order valence-electron chi connectivity index (χ3n) is 2.82. The van der Waals surface area contributed by atoms with Gasteiger partial charge in [-0.1, -0.05) is 12.8 Å². The molecule has 1 saturated heterocycles. The van der Waals surface area contributed by atoms with Crippen LogP contribution in [0, 0.1) is 0 Å². The number of unbranched alkanes of at least 4 members (excludes halogenated alkanes) is 2. The lowest BCUT2D eigenvalue weighted by Crippen LogP contribution is -2.43. The summed E-state index contributed by atoms with van der Waals surface area (Å²) in [6.07, 6.45) is 5.92. The number of hydrogen-bond acceptors (Lipinski definition) is 3. The topological polar surface area (TPSA) is 75.4 Å². The largest absolute Gasteiger partial charge is 0.330 e. The van der Waals surface area contributed by atoms with Gasteiger partial charge in [-0.25, -0.2) is 4.72 Å². The molecule has 0 atom stereocenters. The average Bonchev–Trinajstić information content (AvgIpc) is 2.30. The predicted molar refractivity (Wildman–Crippen MR) is 65.3 cm³/mol. The summed E-state index contributed by atoms with van der Waals surface area (Å²) in [4.78, 5) is 0. The molecule has 0 spiro atoms. The molecule has 0 aliphatic carbocycles. The first-order valence-electron chi connectivity index (χ1n) is 6.11. The van der Waals surface area contributed by atoms with Crippen molar-refractivity contribution in [2.24, 2.45) is 5.73 Å². The van der Waals surface area contributed by atoms with Crippen LogP contribution in [0.4, 0.5) is 0 Å². The van der Waals surface area contributed by atoms with Crippen molar-refractivity contribution in [3.63, 3.8) is 0 Å². The molecule has 1 aliphatic rings. The maximum Gasteiger partial charge on any atom is 0.279 e. The van der Waals surface area contributed by atoms with Crippen LogP contribution in [0.15, 0.2) is 0 Å². The summed E-state index contributed by atoms with van der Waals surface area (Å²) in [6, 6.07) is 0. The smallest absolute Gasteiger partial charge is 0.279 e. The van der Waals surface area contributed by atoms with Crippen LogP contribution in [0.25, 0.3) is 0 Å². The summed E-state index contributed by atoms with van der Waals surface area (Å²) in [6.45, 7) is 2.54. The number of nitrogens with zero attached hydrogens (tertiary/aromatic N) is 1. The predicted octanol–water partition coefficient (Wildman–Crippen LogP) is 0.436. The molecule has 0 unspecified atom stereocenters. The van der Waals surface area contributed by atoms with Crippen LogP contribution >= 0.6 is 0 Å². The lowest BCUT2D eigenvalue weighted by atomic mass is 10.2. The zero-order valence-electron chi connectivity index (χ0n) is 9.82. The second-order valence-electron chi connectivity index (χ2n) is 4.21. The standard InChI is InChI=1S/C10H23N3O2S/c11-7-3-1-4-8-12-16(14,15)13-9-5-2-6-10-13/h12H,1-11H2. The Balaban J connectivity index is 2.22. The van der Waals surface area contributed by atoms with Gasteiger partial charge in [0.15, 0.2) is 0 Å². The second-order valence-corrected chi connectivity index (χ2v) is 5.96. The molecular weight excluding hydrogens is 226 g/mol. The van der Waals surface area contributed by atoms with Crippen molar-refractivity contribution in [2.75, 3.05) is 26.2 Å². The summed E-state index contributed by atoms with van der Waals surface area (Å²) < 4.78 is 27.8. The van der Waals surface area contributed by atoms with Gasteiger partial charge in [-0.3, -0.25) is 0 Å². The van der Waals surface area contributed by atoms with E-state index in [0.717, 1.165) is 38.5 Å². The molecule has 1 rings (SSSR count). The maximum atomic E-state index is 11.8. The van der Waals surface area contributed by atoms with E-state index < -0.39 is 10.2 Å². The SMILES string of the molecule is NCCCCCNS(=O)(=O)N1CCCCC1. The molecule has 3 N–H and O–H groups in total. The van der Waals surface area contributed by atoms with Gasteiger partial charge in [0.2, 0.25) is 0 Å². The van der Waals surface area contributed by atoms with Crippen LogP contribution in [-0.4, -0.2) is 38.9 Å². The fraction of sp³-hybridized carbons (Fsp3) is 1.00. The minimum Gasteiger partial charge on any atom is -0.330 e. The molecule has 0 bridgehead atoms. The number of nitrogens with one attached hydrogen (secondary N) is 1. The lowest BCUT2D eigenvalue weighted by molar-refractivity contribution is 0.341. The highest BCUT2D eigenvalue weighted by Gasteiger charge is 2.22. The zero-order chi connectivity index (χ0) is 11.9. The van der Waals surface area contributed by atoms with Gasteiger partial charge in [0.05, 0.1) is 0 Å². The Hall–Kier alpha value is -0.170. The Morgan fingerprint density at radius 2 is 1.75 bits per heavy atom. The van der Waals surface area contributed by atoms with E-state index in [0.29, 0.717) is 26.2 Å². The van der Waals surface area contributed by atoms with Crippen LogP contribution in [0.1, 0.15) is 38.5 Å². The monoisotopic (exact) mass is 249 g/mol. The molecule has 0 aromatic heterocycles. The Kier molecular flexibility index (Phi) is 6.26. The zero-order valence-corrected chi connectivity index (χ0v) is 10.6. The lowest BCUT2D eigenvalue weighted by Gasteiger charge is -2.25. The van der Waals surface area contributed by atoms with Crippen molar-refractivity contribution < 1.29 is 8.42 Å². The first kappa shape index (κ1) is 13.9. The number of hydrogen-bond donors (Lipinski definition) is 2. The average molecular weight is 249 g/mol. The Morgan fingerprint density at radius 3 is 2.38 bits per heavy atom. The van der Waals surface area contributed by atoms with E-state index >= 15 is 0 Å². The van der Waals surface area contributed by atoms with E-state index in [9.17, 15) is 8.42 Å². The number of piperidine rings is 1. The van der Waals surface area contributed by atoms with Crippen LogP contribution in [-0.2, 0) is 10.2 Å². The second kappa shape index (κ2) is 7.21. The highest BCUT2D eigenvalue weighted by atomic mass is 32.2. The maximum absolute atomic E-state index is 11.8. The van der Waals surface area contributed by atoms with Gasteiger partial charge in [0.1, 0.15) is 0 Å². The molecule has 1 aliphatic heterocycles. The van der Waals surface area contributed by atoms with Crippen molar-refractivity contribution >= 4 is 10.2 Å². The van der Waals surface area contributed by atoms with E-state index in [4.69, 9.17) is 5.73 Å². The molecule has 5 nitrogen and oxygen atoms in total.